The zero-order valence-electron chi connectivity index (χ0n) is 19.8. The van der Waals surface area contributed by atoms with Crippen LogP contribution in [0, 0.1) is 6.92 Å². The maximum Gasteiger partial charge on any atom is 0.262 e. The van der Waals surface area contributed by atoms with Crippen LogP contribution in [0.5, 0.6) is 0 Å². The summed E-state index contributed by atoms with van der Waals surface area (Å²) in [6, 6.07) is 13.3. The molecule has 2 N–H and O–H groups in total. The van der Waals surface area contributed by atoms with E-state index in [0.717, 1.165) is 44.1 Å². The predicted octanol–water partition coefficient (Wildman–Crippen LogP) is 2.13. The van der Waals surface area contributed by atoms with Gasteiger partial charge in [0.1, 0.15) is 11.9 Å². The van der Waals surface area contributed by atoms with Gasteiger partial charge in [-0.2, -0.15) is 0 Å². The number of hydrogen-bond donors (Lipinski definition) is 2. The first-order chi connectivity index (χ1) is 17.0. The van der Waals surface area contributed by atoms with Crippen molar-refractivity contribution in [1.29, 1.82) is 0 Å². The number of imide groups is 1. The average Bonchev–Trinajstić information content (AvgIpc) is 2.86. The lowest BCUT2D eigenvalue weighted by Gasteiger charge is -2.26. The Kier molecular flexibility index (Phi) is 6.61. The van der Waals surface area contributed by atoms with Crippen LogP contribution in [0.25, 0.3) is 10.9 Å². The van der Waals surface area contributed by atoms with Gasteiger partial charge in [-0.15, -0.1) is 0 Å². The fourth-order valence-corrected chi connectivity index (χ4v) is 4.70. The SMILES string of the molecule is Cc1nc2ccc(NCc3ccc(CN4CCOCC4)cc3)cc2c(=O)n1C1CCC(=O)NC1=O. The summed E-state index contributed by atoms with van der Waals surface area (Å²) in [4.78, 5) is 44.1. The number of hydrogen-bond acceptors (Lipinski definition) is 7. The second-order valence-electron chi connectivity index (χ2n) is 9.09. The minimum atomic E-state index is -0.732. The van der Waals surface area contributed by atoms with Crippen molar-refractivity contribution in [2.24, 2.45) is 0 Å². The van der Waals surface area contributed by atoms with Crippen molar-refractivity contribution >= 4 is 28.4 Å². The number of rotatable bonds is 6. The fourth-order valence-electron chi connectivity index (χ4n) is 4.70. The number of anilines is 1. The van der Waals surface area contributed by atoms with Crippen LogP contribution < -0.4 is 16.2 Å². The van der Waals surface area contributed by atoms with Crippen LogP contribution in [0.3, 0.4) is 0 Å². The molecule has 5 rings (SSSR count). The van der Waals surface area contributed by atoms with Gasteiger partial charge < -0.3 is 10.1 Å². The maximum absolute atomic E-state index is 13.3. The Morgan fingerprint density at radius 3 is 2.54 bits per heavy atom. The highest BCUT2D eigenvalue weighted by molar-refractivity contribution is 5.99. The summed E-state index contributed by atoms with van der Waals surface area (Å²) in [7, 11) is 0. The maximum atomic E-state index is 13.3. The van der Waals surface area contributed by atoms with Gasteiger partial charge in [-0.25, -0.2) is 4.98 Å². The van der Waals surface area contributed by atoms with Gasteiger partial charge in [-0.1, -0.05) is 24.3 Å². The first-order valence-corrected chi connectivity index (χ1v) is 12.0. The van der Waals surface area contributed by atoms with Crippen LogP contribution in [0.4, 0.5) is 5.69 Å². The molecule has 0 radical (unpaired) electrons. The fraction of sp³-hybridized carbons (Fsp3) is 0.385. The molecule has 182 valence electrons. The summed E-state index contributed by atoms with van der Waals surface area (Å²) >= 11 is 0. The summed E-state index contributed by atoms with van der Waals surface area (Å²) in [6.07, 6.45) is 0.491. The van der Waals surface area contributed by atoms with Crippen molar-refractivity contribution in [1.82, 2.24) is 19.8 Å². The molecular formula is C26H29N5O4. The Hall–Kier alpha value is -3.56. The third-order valence-corrected chi connectivity index (χ3v) is 6.63. The number of benzene rings is 2. The molecule has 2 amide bonds. The predicted molar refractivity (Wildman–Crippen MR) is 132 cm³/mol. The molecule has 0 saturated carbocycles. The number of ether oxygens (including phenoxy) is 1. The molecule has 3 heterocycles. The summed E-state index contributed by atoms with van der Waals surface area (Å²) < 4.78 is 6.82. The molecule has 1 aromatic heterocycles. The van der Waals surface area contributed by atoms with Crippen LogP contribution in [0.2, 0.25) is 0 Å². The molecule has 0 spiro atoms. The molecule has 2 aliphatic rings. The van der Waals surface area contributed by atoms with E-state index in [0.29, 0.717) is 23.3 Å². The van der Waals surface area contributed by atoms with Gasteiger partial charge >= 0.3 is 0 Å². The minimum absolute atomic E-state index is 0.202. The third-order valence-electron chi connectivity index (χ3n) is 6.63. The van der Waals surface area contributed by atoms with Crippen molar-refractivity contribution in [2.75, 3.05) is 31.6 Å². The first-order valence-electron chi connectivity index (χ1n) is 12.0. The standard InChI is InChI=1S/C26H29N5O4/c1-17-28-22-7-6-20(14-21(22)26(34)31(17)23-8-9-24(32)29-25(23)33)27-15-18-2-4-19(5-3-18)16-30-10-12-35-13-11-30/h2-7,14,23,27H,8-13,15-16H2,1H3,(H,29,32,33). The van der Waals surface area contributed by atoms with E-state index in [4.69, 9.17) is 4.74 Å². The number of aryl methyl sites for hydroxylation is 1. The molecule has 2 aliphatic heterocycles. The number of piperidine rings is 1. The lowest BCUT2D eigenvalue weighted by molar-refractivity contribution is -0.135. The van der Waals surface area contributed by atoms with E-state index in [9.17, 15) is 14.4 Å². The zero-order valence-corrected chi connectivity index (χ0v) is 19.8. The van der Waals surface area contributed by atoms with Crippen molar-refractivity contribution in [3.63, 3.8) is 0 Å². The first kappa shape index (κ1) is 23.2. The Morgan fingerprint density at radius 2 is 1.80 bits per heavy atom. The second-order valence-corrected chi connectivity index (χ2v) is 9.09. The minimum Gasteiger partial charge on any atom is -0.381 e. The number of carbonyl (C=O) groups is 2. The largest absolute Gasteiger partial charge is 0.381 e. The number of fused-ring (bicyclic) bond motifs is 1. The van der Waals surface area contributed by atoms with E-state index < -0.39 is 11.9 Å². The van der Waals surface area contributed by atoms with Crippen LogP contribution in [0.1, 0.15) is 35.8 Å². The number of aromatic nitrogens is 2. The molecule has 2 saturated heterocycles. The van der Waals surface area contributed by atoms with Crippen molar-refractivity contribution < 1.29 is 14.3 Å². The molecular weight excluding hydrogens is 446 g/mol. The van der Waals surface area contributed by atoms with Crippen LogP contribution in [-0.4, -0.2) is 52.6 Å². The van der Waals surface area contributed by atoms with Gasteiger partial charge in [0.2, 0.25) is 11.8 Å². The van der Waals surface area contributed by atoms with Crippen LogP contribution >= 0.6 is 0 Å². The summed E-state index contributed by atoms with van der Waals surface area (Å²) in [5.41, 5.74) is 3.51. The summed E-state index contributed by atoms with van der Waals surface area (Å²) in [5.74, 6) is -0.319. The highest BCUT2D eigenvalue weighted by Gasteiger charge is 2.30. The Bertz CT molecular complexity index is 1310. The number of nitrogens with zero attached hydrogens (tertiary/aromatic N) is 3. The van der Waals surface area contributed by atoms with Gasteiger partial charge in [0.15, 0.2) is 0 Å². The molecule has 1 atom stereocenters. The molecule has 9 nitrogen and oxygen atoms in total. The van der Waals surface area contributed by atoms with Gasteiger partial charge in [-0.05, 0) is 42.7 Å². The van der Waals surface area contributed by atoms with E-state index in [2.05, 4.69) is 44.8 Å². The number of nitrogens with one attached hydrogen (secondary N) is 2. The molecule has 0 aliphatic carbocycles. The number of carbonyl (C=O) groups excluding carboxylic acids is 2. The van der Waals surface area contributed by atoms with Crippen molar-refractivity contribution in [3.8, 4) is 0 Å². The van der Waals surface area contributed by atoms with E-state index in [1.807, 2.05) is 12.1 Å². The Labute approximate surface area is 203 Å². The topological polar surface area (TPSA) is 106 Å². The lowest BCUT2D eigenvalue weighted by atomic mass is 10.1. The molecule has 3 aromatic rings. The number of morpholine rings is 1. The lowest BCUT2D eigenvalue weighted by Crippen LogP contribution is -2.45. The van der Waals surface area contributed by atoms with E-state index in [1.165, 1.54) is 10.1 Å². The Morgan fingerprint density at radius 1 is 1.06 bits per heavy atom. The zero-order chi connectivity index (χ0) is 24.4. The highest BCUT2D eigenvalue weighted by atomic mass is 16.5. The smallest absolute Gasteiger partial charge is 0.262 e. The number of amides is 2. The van der Waals surface area contributed by atoms with Crippen molar-refractivity contribution in [2.45, 2.75) is 38.9 Å². The van der Waals surface area contributed by atoms with Gasteiger partial charge in [0.05, 0.1) is 24.1 Å². The van der Waals surface area contributed by atoms with Gasteiger partial charge in [-0.3, -0.25) is 29.2 Å². The Balaban J connectivity index is 1.30. The average molecular weight is 476 g/mol. The van der Waals surface area contributed by atoms with E-state index in [1.54, 1.807) is 13.0 Å². The normalized spacial score (nSPS) is 19.1. The molecule has 2 fully saturated rings. The van der Waals surface area contributed by atoms with E-state index in [-0.39, 0.29) is 24.3 Å². The quantitative estimate of drug-likeness (QED) is 0.526. The second kappa shape index (κ2) is 9.97. The van der Waals surface area contributed by atoms with Crippen molar-refractivity contribution in [3.05, 3.63) is 69.8 Å². The van der Waals surface area contributed by atoms with Crippen LogP contribution in [-0.2, 0) is 27.4 Å². The highest BCUT2D eigenvalue weighted by Crippen LogP contribution is 2.22. The summed E-state index contributed by atoms with van der Waals surface area (Å²) in [6.45, 7) is 6.76. The third kappa shape index (κ3) is 5.11. The van der Waals surface area contributed by atoms with Gasteiger partial charge in [0, 0.05) is 38.3 Å². The molecule has 35 heavy (non-hydrogen) atoms. The summed E-state index contributed by atoms with van der Waals surface area (Å²) in [5, 5.41) is 6.14. The van der Waals surface area contributed by atoms with Crippen LogP contribution in [0.15, 0.2) is 47.3 Å². The molecule has 9 heteroatoms. The molecule has 0 bridgehead atoms. The monoisotopic (exact) mass is 475 g/mol. The molecule has 1 unspecified atom stereocenters. The molecule has 2 aromatic carbocycles. The van der Waals surface area contributed by atoms with Gasteiger partial charge in [0.25, 0.3) is 5.56 Å². The van der Waals surface area contributed by atoms with E-state index >= 15 is 0 Å².